The maximum absolute atomic E-state index is 4.77. The molecule has 4 rings (SSSR count). The van der Waals surface area contributed by atoms with E-state index in [9.17, 15) is 0 Å². The van der Waals surface area contributed by atoms with Crippen molar-refractivity contribution < 1.29 is 0 Å². The molecule has 0 amide bonds. The fraction of sp³-hybridized carbons (Fsp3) is 0.368. The molecule has 9 nitrogen and oxygen atoms in total. The number of nitrogens with one attached hydrogen (secondary N) is 1. The Hall–Kier alpha value is -3.36. The lowest BCUT2D eigenvalue weighted by Crippen LogP contribution is -2.16. The van der Waals surface area contributed by atoms with E-state index >= 15 is 0 Å². The number of hydrogen-bond acceptors (Lipinski definition) is 7. The van der Waals surface area contributed by atoms with Gasteiger partial charge in [-0.2, -0.15) is 5.10 Å². The van der Waals surface area contributed by atoms with Crippen LogP contribution in [-0.2, 0) is 7.05 Å². The fourth-order valence-electron chi connectivity index (χ4n) is 3.28. The quantitative estimate of drug-likeness (QED) is 0.570. The van der Waals surface area contributed by atoms with Crippen LogP contribution in [0.25, 0.3) is 22.6 Å². The van der Waals surface area contributed by atoms with Crippen molar-refractivity contribution in [1.29, 1.82) is 0 Å². The minimum absolute atomic E-state index is 0.0980. The van der Waals surface area contributed by atoms with E-state index in [-0.39, 0.29) is 12.1 Å². The Labute approximate surface area is 162 Å². The van der Waals surface area contributed by atoms with E-state index in [1.54, 1.807) is 17.2 Å². The molecule has 0 saturated carbocycles. The van der Waals surface area contributed by atoms with Crippen LogP contribution in [0.3, 0.4) is 0 Å². The van der Waals surface area contributed by atoms with Gasteiger partial charge in [0.15, 0.2) is 17.3 Å². The van der Waals surface area contributed by atoms with E-state index in [0.717, 1.165) is 22.6 Å². The highest BCUT2D eigenvalue weighted by molar-refractivity contribution is 5.90. The number of fused-ring (bicyclic) bond motifs is 1. The predicted molar refractivity (Wildman–Crippen MR) is 107 cm³/mol. The summed E-state index contributed by atoms with van der Waals surface area (Å²) in [5.74, 6) is 2.11. The van der Waals surface area contributed by atoms with Crippen molar-refractivity contribution in [3.8, 4) is 11.5 Å². The maximum atomic E-state index is 4.77. The van der Waals surface area contributed by atoms with E-state index in [4.69, 9.17) is 9.97 Å². The zero-order chi connectivity index (χ0) is 19.8. The van der Waals surface area contributed by atoms with Gasteiger partial charge in [-0.05, 0) is 39.8 Å². The van der Waals surface area contributed by atoms with Crippen LogP contribution in [0.15, 0.2) is 30.7 Å². The second-order valence-electron chi connectivity index (χ2n) is 7.07. The Bertz CT molecular complexity index is 1110. The van der Waals surface area contributed by atoms with Gasteiger partial charge in [-0.3, -0.25) is 9.67 Å². The average molecular weight is 377 g/mol. The molecule has 1 atom stereocenters. The minimum atomic E-state index is -0.0980. The zero-order valence-corrected chi connectivity index (χ0v) is 16.6. The van der Waals surface area contributed by atoms with Crippen LogP contribution in [0, 0.1) is 6.92 Å². The van der Waals surface area contributed by atoms with Crippen LogP contribution >= 0.6 is 0 Å². The van der Waals surface area contributed by atoms with Gasteiger partial charge in [0.05, 0.1) is 17.1 Å². The van der Waals surface area contributed by atoms with Crippen LogP contribution in [-0.4, -0.2) is 39.5 Å². The number of anilines is 1. The van der Waals surface area contributed by atoms with Crippen molar-refractivity contribution in [2.45, 2.75) is 39.8 Å². The molecule has 0 aliphatic rings. The largest absolute Gasteiger partial charge is 0.360 e. The normalized spacial score (nSPS) is 12.6. The van der Waals surface area contributed by atoms with Gasteiger partial charge in [0.1, 0.15) is 17.8 Å². The summed E-state index contributed by atoms with van der Waals surface area (Å²) >= 11 is 0. The molecule has 0 saturated heterocycles. The van der Waals surface area contributed by atoms with E-state index in [2.05, 4.69) is 39.4 Å². The molecular weight excluding hydrogens is 354 g/mol. The van der Waals surface area contributed by atoms with Crippen molar-refractivity contribution >= 4 is 16.9 Å². The molecule has 144 valence electrons. The molecule has 1 unspecified atom stereocenters. The maximum Gasteiger partial charge on any atom is 0.182 e. The highest BCUT2D eigenvalue weighted by Gasteiger charge is 2.21. The Morgan fingerprint density at radius 3 is 2.64 bits per heavy atom. The molecule has 0 bridgehead atoms. The van der Waals surface area contributed by atoms with Crippen LogP contribution in [0.2, 0.25) is 0 Å². The molecule has 4 aromatic rings. The predicted octanol–water partition coefficient (Wildman–Crippen LogP) is 3.08. The summed E-state index contributed by atoms with van der Waals surface area (Å²) in [5, 5.41) is 17.3. The molecule has 1 N–H and O–H groups in total. The molecule has 4 aromatic heterocycles. The summed E-state index contributed by atoms with van der Waals surface area (Å²) in [6.07, 6.45) is 3.49. The van der Waals surface area contributed by atoms with Gasteiger partial charge in [0, 0.05) is 19.3 Å². The van der Waals surface area contributed by atoms with Crippen molar-refractivity contribution in [2.24, 2.45) is 7.05 Å². The monoisotopic (exact) mass is 377 g/mol. The van der Waals surface area contributed by atoms with Gasteiger partial charge in [-0.25, -0.2) is 9.97 Å². The first-order valence-electron chi connectivity index (χ1n) is 9.24. The van der Waals surface area contributed by atoms with Crippen molar-refractivity contribution in [2.75, 3.05) is 5.32 Å². The first-order chi connectivity index (χ1) is 13.5. The Kier molecular flexibility index (Phi) is 4.50. The van der Waals surface area contributed by atoms with E-state index in [0.29, 0.717) is 17.3 Å². The molecule has 9 heteroatoms. The smallest absolute Gasteiger partial charge is 0.182 e. The molecule has 28 heavy (non-hydrogen) atoms. The summed E-state index contributed by atoms with van der Waals surface area (Å²) < 4.78 is 3.82. The standard InChI is InChI=1S/C19H23N9/c1-11(2)28-10-21-25-18(28)13(4)22-17-15-12(3)26-27(5)19(15)24-16(23-17)14-8-6-7-9-20-14/h6-11,13H,1-5H3,(H,22,23,24). The topological polar surface area (TPSA) is 99.2 Å². The number of aromatic nitrogens is 8. The van der Waals surface area contributed by atoms with Gasteiger partial charge in [-0.1, -0.05) is 6.07 Å². The van der Waals surface area contributed by atoms with E-state index in [1.165, 1.54) is 0 Å². The number of aryl methyl sites for hydroxylation is 2. The second-order valence-corrected chi connectivity index (χ2v) is 7.07. The zero-order valence-electron chi connectivity index (χ0n) is 16.6. The summed E-state index contributed by atoms with van der Waals surface area (Å²) in [7, 11) is 1.88. The third-order valence-corrected chi connectivity index (χ3v) is 4.65. The number of rotatable bonds is 5. The lowest BCUT2D eigenvalue weighted by molar-refractivity contribution is 0.552. The molecular formula is C19H23N9. The van der Waals surface area contributed by atoms with E-state index < -0.39 is 0 Å². The molecule has 0 aliphatic heterocycles. The van der Waals surface area contributed by atoms with Crippen LogP contribution in [0.4, 0.5) is 5.82 Å². The van der Waals surface area contributed by atoms with Crippen molar-refractivity contribution in [3.63, 3.8) is 0 Å². The number of hydrogen-bond donors (Lipinski definition) is 1. The molecule has 4 heterocycles. The summed E-state index contributed by atoms with van der Waals surface area (Å²) in [6.45, 7) is 8.21. The van der Waals surface area contributed by atoms with Gasteiger partial charge >= 0.3 is 0 Å². The minimum Gasteiger partial charge on any atom is -0.360 e. The SMILES string of the molecule is Cc1nn(C)c2nc(-c3ccccn3)nc(NC(C)c3nncn3C(C)C)c12. The van der Waals surface area contributed by atoms with Crippen LogP contribution < -0.4 is 5.32 Å². The second kappa shape index (κ2) is 6.99. The summed E-state index contributed by atoms with van der Waals surface area (Å²) in [5.41, 5.74) is 2.34. The lowest BCUT2D eigenvalue weighted by Gasteiger charge is -2.18. The first kappa shape index (κ1) is 18.0. The van der Waals surface area contributed by atoms with Gasteiger partial charge in [-0.15, -0.1) is 10.2 Å². The Morgan fingerprint density at radius 2 is 1.93 bits per heavy atom. The third-order valence-electron chi connectivity index (χ3n) is 4.65. The molecule has 0 aromatic carbocycles. The van der Waals surface area contributed by atoms with Crippen LogP contribution in [0.1, 0.15) is 44.4 Å². The van der Waals surface area contributed by atoms with Gasteiger partial charge in [0.2, 0.25) is 0 Å². The molecule has 0 radical (unpaired) electrons. The lowest BCUT2D eigenvalue weighted by atomic mass is 10.2. The number of pyridine rings is 1. The van der Waals surface area contributed by atoms with Gasteiger partial charge < -0.3 is 9.88 Å². The van der Waals surface area contributed by atoms with Gasteiger partial charge in [0.25, 0.3) is 0 Å². The average Bonchev–Trinajstić information content (AvgIpc) is 3.28. The highest BCUT2D eigenvalue weighted by atomic mass is 15.3. The number of nitrogens with zero attached hydrogens (tertiary/aromatic N) is 8. The van der Waals surface area contributed by atoms with Crippen molar-refractivity contribution in [3.05, 3.63) is 42.2 Å². The third kappa shape index (κ3) is 3.08. The first-order valence-corrected chi connectivity index (χ1v) is 9.24. The molecule has 0 aliphatic carbocycles. The Morgan fingerprint density at radius 1 is 1.11 bits per heavy atom. The highest BCUT2D eigenvalue weighted by Crippen LogP contribution is 2.29. The van der Waals surface area contributed by atoms with E-state index in [1.807, 2.05) is 43.7 Å². The fourth-order valence-corrected chi connectivity index (χ4v) is 3.28. The Balaban J connectivity index is 1.82. The summed E-state index contributed by atoms with van der Waals surface area (Å²) in [6, 6.07) is 5.86. The molecule has 0 spiro atoms. The van der Waals surface area contributed by atoms with Crippen LogP contribution in [0.5, 0.6) is 0 Å². The summed E-state index contributed by atoms with van der Waals surface area (Å²) in [4.78, 5) is 13.9. The van der Waals surface area contributed by atoms with Crippen molar-refractivity contribution in [1.82, 2.24) is 39.5 Å². The molecule has 0 fully saturated rings.